The number of primary amides is 1. The Balaban J connectivity index is 1.37. The number of nitrogens with two attached hydrogens (primary N) is 1. The van der Waals surface area contributed by atoms with Gasteiger partial charge in [-0.15, -0.1) is 0 Å². The molecule has 1 aliphatic carbocycles. The molecule has 0 bridgehead atoms. The van der Waals surface area contributed by atoms with Gasteiger partial charge in [0.1, 0.15) is 0 Å². The molecule has 2 N–H and O–H groups in total. The molecule has 0 spiro atoms. The lowest BCUT2D eigenvalue weighted by Gasteiger charge is -2.35. The molecule has 3 aliphatic rings. The predicted molar refractivity (Wildman–Crippen MR) is 91.7 cm³/mol. The lowest BCUT2D eigenvalue weighted by atomic mass is 9.84. The molecular formula is C17H26N6O2. The quantitative estimate of drug-likeness (QED) is 0.790. The first kappa shape index (κ1) is 16.5. The SMILES string of the molecule is NC(=O)[C@@H]1CCO[C@H]1C1CCN(c2nnnn2CC2C=CCC2)CC1. The minimum absolute atomic E-state index is 0.0146. The third kappa shape index (κ3) is 3.40. The predicted octanol–water partition coefficient (Wildman–Crippen LogP) is 0.746. The second kappa shape index (κ2) is 7.11. The van der Waals surface area contributed by atoms with Crippen LogP contribution in [0, 0.1) is 17.8 Å². The molecule has 3 atom stereocenters. The Kier molecular flexibility index (Phi) is 4.70. The second-order valence-corrected chi connectivity index (χ2v) is 7.38. The first-order chi connectivity index (χ1) is 12.2. The maximum atomic E-state index is 11.6. The molecule has 2 saturated heterocycles. The molecule has 8 nitrogen and oxygen atoms in total. The zero-order chi connectivity index (χ0) is 17.2. The highest BCUT2D eigenvalue weighted by atomic mass is 16.5. The van der Waals surface area contributed by atoms with E-state index in [1.807, 2.05) is 4.68 Å². The van der Waals surface area contributed by atoms with E-state index in [0.29, 0.717) is 18.4 Å². The zero-order valence-electron chi connectivity index (χ0n) is 14.5. The van der Waals surface area contributed by atoms with Gasteiger partial charge >= 0.3 is 0 Å². The molecule has 4 rings (SSSR count). The van der Waals surface area contributed by atoms with Crippen molar-refractivity contribution in [2.75, 3.05) is 24.6 Å². The van der Waals surface area contributed by atoms with Crippen LogP contribution in [0.2, 0.25) is 0 Å². The summed E-state index contributed by atoms with van der Waals surface area (Å²) in [6.45, 7) is 3.26. The van der Waals surface area contributed by atoms with Crippen LogP contribution in [0.15, 0.2) is 12.2 Å². The van der Waals surface area contributed by atoms with Crippen molar-refractivity contribution >= 4 is 11.9 Å². The number of amides is 1. The molecule has 25 heavy (non-hydrogen) atoms. The Hall–Kier alpha value is -1.96. The first-order valence-electron chi connectivity index (χ1n) is 9.31. The maximum absolute atomic E-state index is 11.6. The van der Waals surface area contributed by atoms with E-state index >= 15 is 0 Å². The third-order valence-corrected chi connectivity index (χ3v) is 5.82. The monoisotopic (exact) mass is 346 g/mol. The summed E-state index contributed by atoms with van der Waals surface area (Å²) in [4.78, 5) is 13.9. The average Bonchev–Trinajstić information content (AvgIpc) is 3.37. The van der Waals surface area contributed by atoms with Crippen LogP contribution in [-0.4, -0.2) is 51.9 Å². The molecule has 3 heterocycles. The minimum Gasteiger partial charge on any atom is -0.377 e. The van der Waals surface area contributed by atoms with E-state index in [1.165, 1.54) is 6.42 Å². The standard InChI is InChI=1S/C17H26N6O2/c18-16(24)14-7-10-25-15(14)13-5-8-22(9-6-13)17-19-20-21-23(17)11-12-3-1-2-4-12/h1,3,12-15H,2,4-11H2,(H2,18,24)/t12?,14-,15+/m1/s1. The fourth-order valence-corrected chi connectivity index (χ4v) is 4.42. The summed E-state index contributed by atoms with van der Waals surface area (Å²) < 4.78 is 7.76. The number of aromatic nitrogens is 4. The van der Waals surface area contributed by atoms with Crippen LogP contribution in [0.1, 0.15) is 32.1 Å². The van der Waals surface area contributed by atoms with Crippen molar-refractivity contribution in [3.8, 4) is 0 Å². The molecule has 2 aliphatic heterocycles. The molecule has 0 radical (unpaired) electrons. The van der Waals surface area contributed by atoms with Crippen LogP contribution in [0.4, 0.5) is 5.95 Å². The Bertz CT molecular complexity index is 637. The Morgan fingerprint density at radius 3 is 2.84 bits per heavy atom. The van der Waals surface area contributed by atoms with E-state index in [1.54, 1.807) is 0 Å². The molecule has 0 saturated carbocycles. The minimum atomic E-state index is -0.224. The lowest BCUT2D eigenvalue weighted by Crippen LogP contribution is -2.43. The summed E-state index contributed by atoms with van der Waals surface area (Å²) in [5.41, 5.74) is 5.53. The summed E-state index contributed by atoms with van der Waals surface area (Å²) in [5, 5.41) is 12.3. The van der Waals surface area contributed by atoms with Crippen molar-refractivity contribution in [1.82, 2.24) is 20.2 Å². The Labute approximate surface area is 147 Å². The van der Waals surface area contributed by atoms with Crippen molar-refractivity contribution in [3.63, 3.8) is 0 Å². The highest BCUT2D eigenvalue weighted by Gasteiger charge is 2.39. The number of allylic oxidation sites excluding steroid dienone is 2. The fourth-order valence-electron chi connectivity index (χ4n) is 4.42. The van der Waals surface area contributed by atoms with Gasteiger partial charge in [0, 0.05) is 19.7 Å². The van der Waals surface area contributed by atoms with E-state index in [0.717, 1.165) is 51.3 Å². The lowest BCUT2D eigenvalue weighted by molar-refractivity contribution is -0.124. The van der Waals surface area contributed by atoms with Gasteiger partial charge in [0.2, 0.25) is 11.9 Å². The third-order valence-electron chi connectivity index (χ3n) is 5.82. The molecule has 1 amide bonds. The number of carbonyl (C=O) groups is 1. The average molecular weight is 346 g/mol. The number of anilines is 1. The van der Waals surface area contributed by atoms with Crippen LogP contribution in [0.3, 0.4) is 0 Å². The van der Waals surface area contributed by atoms with Crippen molar-refractivity contribution in [3.05, 3.63) is 12.2 Å². The van der Waals surface area contributed by atoms with Crippen LogP contribution in [0.5, 0.6) is 0 Å². The zero-order valence-corrected chi connectivity index (χ0v) is 14.5. The van der Waals surface area contributed by atoms with Gasteiger partial charge < -0.3 is 15.4 Å². The van der Waals surface area contributed by atoms with Gasteiger partial charge in [0.25, 0.3) is 0 Å². The van der Waals surface area contributed by atoms with E-state index < -0.39 is 0 Å². The van der Waals surface area contributed by atoms with E-state index in [4.69, 9.17) is 10.5 Å². The number of hydrogen-bond acceptors (Lipinski definition) is 6. The number of piperidine rings is 1. The largest absolute Gasteiger partial charge is 0.377 e. The molecule has 1 unspecified atom stereocenters. The topological polar surface area (TPSA) is 99.2 Å². The van der Waals surface area contributed by atoms with Crippen molar-refractivity contribution in [1.29, 1.82) is 0 Å². The summed E-state index contributed by atoms with van der Waals surface area (Å²) >= 11 is 0. The molecule has 1 aromatic rings. The van der Waals surface area contributed by atoms with Crippen LogP contribution in [-0.2, 0) is 16.1 Å². The summed E-state index contributed by atoms with van der Waals surface area (Å²) in [6.07, 6.45) is 9.52. The highest BCUT2D eigenvalue weighted by molar-refractivity contribution is 5.77. The normalized spacial score (nSPS) is 30.2. The molecule has 0 aromatic carbocycles. The van der Waals surface area contributed by atoms with E-state index in [9.17, 15) is 4.79 Å². The number of rotatable bonds is 5. The highest BCUT2D eigenvalue weighted by Crippen LogP contribution is 2.34. The van der Waals surface area contributed by atoms with Gasteiger partial charge in [-0.25, -0.2) is 4.68 Å². The van der Waals surface area contributed by atoms with Gasteiger partial charge in [0.15, 0.2) is 0 Å². The smallest absolute Gasteiger partial charge is 0.245 e. The van der Waals surface area contributed by atoms with Crippen LogP contribution < -0.4 is 10.6 Å². The van der Waals surface area contributed by atoms with E-state index in [2.05, 4.69) is 32.6 Å². The second-order valence-electron chi connectivity index (χ2n) is 7.38. The van der Waals surface area contributed by atoms with Crippen molar-refractivity contribution in [2.45, 2.75) is 44.8 Å². The van der Waals surface area contributed by atoms with Crippen molar-refractivity contribution < 1.29 is 9.53 Å². The summed E-state index contributed by atoms with van der Waals surface area (Å²) in [5.74, 6) is 1.42. The maximum Gasteiger partial charge on any atom is 0.245 e. The fraction of sp³-hybridized carbons (Fsp3) is 0.765. The summed E-state index contributed by atoms with van der Waals surface area (Å²) in [7, 11) is 0. The molecule has 136 valence electrons. The van der Waals surface area contributed by atoms with Crippen molar-refractivity contribution in [2.24, 2.45) is 23.5 Å². The first-order valence-corrected chi connectivity index (χ1v) is 9.31. The van der Waals surface area contributed by atoms with Crippen LogP contribution in [0.25, 0.3) is 0 Å². The number of tetrazole rings is 1. The molecule has 1 aromatic heterocycles. The molecule has 2 fully saturated rings. The van der Waals surface area contributed by atoms with Gasteiger partial charge in [-0.1, -0.05) is 17.3 Å². The van der Waals surface area contributed by atoms with Gasteiger partial charge in [-0.2, -0.15) is 0 Å². The number of ether oxygens (including phenoxy) is 1. The number of hydrogen-bond donors (Lipinski definition) is 1. The van der Waals surface area contributed by atoms with Gasteiger partial charge in [-0.05, 0) is 54.4 Å². The number of nitrogens with zero attached hydrogens (tertiary/aromatic N) is 5. The number of carbonyl (C=O) groups excluding carboxylic acids is 1. The van der Waals surface area contributed by atoms with E-state index in [-0.39, 0.29) is 17.9 Å². The van der Waals surface area contributed by atoms with Crippen LogP contribution >= 0.6 is 0 Å². The molecule has 8 heteroatoms. The summed E-state index contributed by atoms with van der Waals surface area (Å²) in [6, 6.07) is 0. The molecular weight excluding hydrogens is 320 g/mol. The van der Waals surface area contributed by atoms with Gasteiger partial charge in [0.05, 0.1) is 18.6 Å². The van der Waals surface area contributed by atoms with Gasteiger partial charge in [-0.3, -0.25) is 4.79 Å². The Morgan fingerprint density at radius 1 is 1.28 bits per heavy atom. The Morgan fingerprint density at radius 2 is 2.12 bits per heavy atom.